The minimum absolute atomic E-state index is 0.0585. The van der Waals surface area contributed by atoms with Crippen LogP contribution >= 0.6 is 0 Å². The molecule has 1 aromatic carbocycles. The third-order valence-electron chi connectivity index (χ3n) is 5.43. The summed E-state index contributed by atoms with van der Waals surface area (Å²) in [6.07, 6.45) is 6.27. The van der Waals surface area contributed by atoms with Gasteiger partial charge in [-0.05, 0) is 37.0 Å². The number of nitrogens with zero attached hydrogens (tertiary/aromatic N) is 3. The first-order chi connectivity index (χ1) is 13.5. The van der Waals surface area contributed by atoms with Crippen molar-refractivity contribution in [2.45, 2.75) is 37.9 Å². The topological polar surface area (TPSA) is 59.4 Å². The second kappa shape index (κ2) is 7.97. The van der Waals surface area contributed by atoms with Gasteiger partial charge in [0.2, 0.25) is 5.91 Å². The average molecular weight is 390 g/mol. The van der Waals surface area contributed by atoms with E-state index < -0.39 is 11.6 Å². The summed E-state index contributed by atoms with van der Waals surface area (Å²) in [6, 6.07) is 4.28. The summed E-state index contributed by atoms with van der Waals surface area (Å²) in [5, 5.41) is 7.33. The maximum atomic E-state index is 13.5. The van der Waals surface area contributed by atoms with E-state index >= 15 is 0 Å². The monoisotopic (exact) mass is 390 g/mol. The molecule has 8 heteroatoms. The Morgan fingerprint density at radius 2 is 2.14 bits per heavy atom. The molecule has 0 unspecified atom stereocenters. The van der Waals surface area contributed by atoms with E-state index in [4.69, 9.17) is 4.74 Å². The molecule has 0 spiro atoms. The number of aromatic nitrogens is 2. The maximum absolute atomic E-state index is 13.5. The van der Waals surface area contributed by atoms with Crippen LogP contribution in [0.1, 0.15) is 30.9 Å². The number of ether oxygens (including phenoxy) is 1. The van der Waals surface area contributed by atoms with E-state index in [0.717, 1.165) is 30.9 Å². The Balaban J connectivity index is 1.43. The summed E-state index contributed by atoms with van der Waals surface area (Å²) >= 11 is 0. The Morgan fingerprint density at radius 3 is 2.86 bits per heavy atom. The highest BCUT2D eigenvalue weighted by atomic mass is 19.2. The third kappa shape index (κ3) is 4.23. The first-order valence-corrected chi connectivity index (χ1v) is 9.55. The van der Waals surface area contributed by atoms with Crippen LogP contribution in [0.4, 0.5) is 14.5 Å². The number of benzene rings is 1. The number of rotatable bonds is 7. The van der Waals surface area contributed by atoms with Gasteiger partial charge in [-0.2, -0.15) is 5.10 Å². The predicted molar refractivity (Wildman–Crippen MR) is 99.7 cm³/mol. The van der Waals surface area contributed by atoms with Crippen LogP contribution in [0.5, 0.6) is 0 Å². The van der Waals surface area contributed by atoms with E-state index in [1.54, 1.807) is 19.4 Å². The summed E-state index contributed by atoms with van der Waals surface area (Å²) in [4.78, 5) is 14.1. The second-order valence-corrected chi connectivity index (χ2v) is 7.65. The fraction of sp³-hybridized carbons (Fsp3) is 0.500. The Hall–Kier alpha value is -2.32. The first kappa shape index (κ1) is 19.0. The molecule has 28 heavy (non-hydrogen) atoms. The van der Waals surface area contributed by atoms with Crippen molar-refractivity contribution < 1.29 is 18.3 Å². The molecule has 2 aromatic rings. The number of carbonyl (C=O) groups excluding carboxylic acids is 1. The van der Waals surface area contributed by atoms with Crippen molar-refractivity contribution in [1.82, 2.24) is 14.7 Å². The quantitative estimate of drug-likeness (QED) is 0.790. The lowest BCUT2D eigenvalue weighted by atomic mass is 10.1. The fourth-order valence-electron chi connectivity index (χ4n) is 3.77. The van der Waals surface area contributed by atoms with E-state index in [2.05, 4.69) is 15.3 Å². The minimum Gasteiger partial charge on any atom is -0.383 e. The molecule has 2 atom stereocenters. The maximum Gasteiger partial charge on any atom is 0.227 e. The third-order valence-corrected chi connectivity index (χ3v) is 5.43. The largest absolute Gasteiger partial charge is 0.383 e. The van der Waals surface area contributed by atoms with E-state index in [1.807, 2.05) is 10.9 Å². The lowest BCUT2D eigenvalue weighted by Gasteiger charge is -2.23. The number of halogens is 2. The van der Waals surface area contributed by atoms with Crippen molar-refractivity contribution in [3.63, 3.8) is 0 Å². The number of anilines is 1. The normalized spacial score (nSPS) is 22.5. The summed E-state index contributed by atoms with van der Waals surface area (Å²) in [7, 11) is 1.66. The highest BCUT2D eigenvalue weighted by Crippen LogP contribution is 2.32. The van der Waals surface area contributed by atoms with Crippen LogP contribution < -0.4 is 5.32 Å². The molecule has 1 aliphatic heterocycles. The van der Waals surface area contributed by atoms with Crippen LogP contribution in [0.15, 0.2) is 30.6 Å². The lowest BCUT2D eigenvalue weighted by Crippen LogP contribution is -2.32. The summed E-state index contributed by atoms with van der Waals surface area (Å²) < 4.78 is 34.0. The van der Waals surface area contributed by atoms with Crippen LogP contribution in [-0.4, -0.2) is 46.9 Å². The molecule has 2 fully saturated rings. The number of hydrogen-bond donors (Lipinski definition) is 1. The van der Waals surface area contributed by atoms with Crippen molar-refractivity contribution in [1.29, 1.82) is 0 Å². The molecule has 6 nitrogen and oxygen atoms in total. The molecule has 1 amide bonds. The van der Waals surface area contributed by atoms with Gasteiger partial charge in [0.05, 0.1) is 24.5 Å². The molecule has 0 radical (unpaired) electrons. The summed E-state index contributed by atoms with van der Waals surface area (Å²) in [6.45, 7) is 1.77. The molecule has 1 saturated heterocycles. The zero-order valence-electron chi connectivity index (χ0n) is 15.8. The van der Waals surface area contributed by atoms with Gasteiger partial charge in [-0.3, -0.25) is 14.4 Å². The van der Waals surface area contributed by atoms with E-state index in [0.29, 0.717) is 25.4 Å². The van der Waals surface area contributed by atoms with Crippen LogP contribution in [0.3, 0.4) is 0 Å². The van der Waals surface area contributed by atoms with Gasteiger partial charge in [-0.25, -0.2) is 8.78 Å². The number of methoxy groups -OCH3 is 1. The number of hydrogen-bond acceptors (Lipinski definition) is 4. The summed E-state index contributed by atoms with van der Waals surface area (Å²) in [5.74, 6) is -1.47. The molecule has 1 N–H and O–H groups in total. The van der Waals surface area contributed by atoms with Crippen LogP contribution in [0, 0.1) is 17.6 Å². The van der Waals surface area contributed by atoms with Crippen molar-refractivity contribution in [2.75, 3.05) is 25.6 Å². The molecule has 1 aliphatic carbocycles. The summed E-state index contributed by atoms with van der Waals surface area (Å²) in [5.41, 5.74) is 1.43. The molecular weight excluding hydrogens is 366 g/mol. The fourth-order valence-corrected chi connectivity index (χ4v) is 3.77. The van der Waals surface area contributed by atoms with Crippen LogP contribution in [-0.2, 0) is 16.1 Å². The van der Waals surface area contributed by atoms with Crippen molar-refractivity contribution in [3.8, 4) is 0 Å². The van der Waals surface area contributed by atoms with Gasteiger partial charge in [0.25, 0.3) is 0 Å². The SMILES string of the molecule is COC[C@@H]1C[C@H](n2cc(NC(=O)C3CC3)cn2)CN1Cc1ccc(F)c(F)c1. The number of carbonyl (C=O) groups is 1. The van der Waals surface area contributed by atoms with E-state index in [-0.39, 0.29) is 23.9 Å². The molecule has 150 valence electrons. The van der Waals surface area contributed by atoms with Gasteiger partial charge in [0, 0.05) is 38.4 Å². The number of amides is 1. The molecule has 2 aliphatic rings. The average Bonchev–Trinajstić information content (AvgIpc) is 3.31. The van der Waals surface area contributed by atoms with Gasteiger partial charge in [0.15, 0.2) is 11.6 Å². The Kier molecular flexibility index (Phi) is 5.41. The molecule has 2 heterocycles. The van der Waals surface area contributed by atoms with Crippen LogP contribution in [0.25, 0.3) is 0 Å². The Morgan fingerprint density at radius 1 is 1.32 bits per heavy atom. The number of nitrogens with one attached hydrogen (secondary N) is 1. The van der Waals surface area contributed by atoms with Gasteiger partial charge in [-0.15, -0.1) is 0 Å². The van der Waals surface area contributed by atoms with Gasteiger partial charge in [0.1, 0.15) is 0 Å². The predicted octanol–water partition coefficient (Wildman–Crippen LogP) is 2.97. The van der Waals surface area contributed by atoms with Crippen molar-refractivity contribution in [3.05, 3.63) is 47.8 Å². The highest BCUT2D eigenvalue weighted by Gasteiger charge is 2.34. The first-order valence-electron chi connectivity index (χ1n) is 9.55. The minimum atomic E-state index is -0.839. The van der Waals surface area contributed by atoms with Gasteiger partial charge >= 0.3 is 0 Å². The van der Waals surface area contributed by atoms with E-state index in [1.165, 1.54) is 6.07 Å². The zero-order valence-corrected chi connectivity index (χ0v) is 15.8. The van der Waals surface area contributed by atoms with Gasteiger partial charge < -0.3 is 10.1 Å². The smallest absolute Gasteiger partial charge is 0.227 e. The molecule has 1 aromatic heterocycles. The standard InChI is InChI=1S/C20H24F2N4O2/c1-28-12-17-7-16(11-25(17)9-13-2-5-18(21)19(22)6-13)26-10-15(8-23-26)24-20(27)14-3-4-14/h2,5-6,8,10,14,16-17H,3-4,7,9,11-12H2,1H3,(H,24,27)/t16-,17-/m0/s1. The number of likely N-dealkylation sites (tertiary alicyclic amines) is 1. The Labute approximate surface area is 162 Å². The van der Waals surface area contributed by atoms with Gasteiger partial charge in [-0.1, -0.05) is 6.07 Å². The lowest BCUT2D eigenvalue weighted by molar-refractivity contribution is -0.117. The Bertz CT molecular complexity index is 852. The van der Waals surface area contributed by atoms with E-state index in [9.17, 15) is 13.6 Å². The highest BCUT2D eigenvalue weighted by molar-refractivity contribution is 5.93. The zero-order chi connectivity index (χ0) is 19.7. The van der Waals surface area contributed by atoms with Crippen molar-refractivity contribution in [2.24, 2.45) is 5.92 Å². The second-order valence-electron chi connectivity index (χ2n) is 7.65. The molecular formula is C20H24F2N4O2. The van der Waals surface area contributed by atoms with Crippen molar-refractivity contribution >= 4 is 11.6 Å². The molecule has 0 bridgehead atoms. The molecule has 1 saturated carbocycles. The van der Waals surface area contributed by atoms with Crippen LogP contribution in [0.2, 0.25) is 0 Å². The molecule has 4 rings (SSSR count).